The molecule has 1 aliphatic heterocycles. The smallest absolute Gasteiger partial charge is 0.134 e. The Balaban J connectivity index is 1.64. The molecule has 1 fully saturated rings. The van der Waals surface area contributed by atoms with Gasteiger partial charge in [-0.1, -0.05) is 48.5 Å². The van der Waals surface area contributed by atoms with Gasteiger partial charge in [0.2, 0.25) is 0 Å². The first-order valence-corrected chi connectivity index (χ1v) is 9.20. The number of benzene rings is 2. The normalized spacial score (nSPS) is 20.5. The fourth-order valence-electron chi connectivity index (χ4n) is 4.09. The first kappa shape index (κ1) is 17.0. The Hall–Kier alpha value is -2.43. The Morgan fingerprint density at radius 2 is 1.77 bits per heavy atom. The minimum atomic E-state index is -0.0322. The number of pyridine rings is 1. The minimum absolute atomic E-state index is 0.0322. The number of piperidine rings is 1. The standard InChI is InChI=1S/C22H24N2O2/c25-14-18-12-17-8-4-5-9-21(17)23-22(18)24-11-10-20(19(13-24)15-26)16-6-2-1-3-7-16/h1-9,12,19-20,25-26H,10-11,13-15H2/t19-,20+/m1/s1. The van der Waals surface area contributed by atoms with E-state index in [0.717, 1.165) is 41.8 Å². The van der Waals surface area contributed by atoms with E-state index in [1.807, 2.05) is 36.4 Å². The first-order chi connectivity index (χ1) is 12.8. The number of anilines is 1. The van der Waals surface area contributed by atoms with Gasteiger partial charge in [-0.25, -0.2) is 4.98 Å². The number of nitrogens with zero attached hydrogens (tertiary/aromatic N) is 2. The lowest BCUT2D eigenvalue weighted by Gasteiger charge is -2.39. The number of rotatable bonds is 4. The molecule has 0 spiro atoms. The van der Waals surface area contributed by atoms with Gasteiger partial charge in [0.15, 0.2) is 0 Å². The predicted molar refractivity (Wildman–Crippen MR) is 104 cm³/mol. The van der Waals surface area contributed by atoms with E-state index in [4.69, 9.17) is 4.98 Å². The predicted octanol–water partition coefficient (Wildman–Crippen LogP) is 3.33. The summed E-state index contributed by atoms with van der Waals surface area (Å²) < 4.78 is 0. The van der Waals surface area contributed by atoms with Gasteiger partial charge < -0.3 is 15.1 Å². The summed E-state index contributed by atoms with van der Waals surface area (Å²) in [5, 5.41) is 20.9. The van der Waals surface area contributed by atoms with E-state index in [1.165, 1.54) is 5.56 Å². The number of fused-ring (bicyclic) bond motifs is 1. The largest absolute Gasteiger partial charge is 0.396 e. The van der Waals surface area contributed by atoms with E-state index in [-0.39, 0.29) is 19.1 Å². The Morgan fingerprint density at radius 1 is 1.00 bits per heavy atom. The highest BCUT2D eigenvalue weighted by Crippen LogP contribution is 2.35. The van der Waals surface area contributed by atoms with Crippen LogP contribution in [0.5, 0.6) is 0 Å². The second kappa shape index (κ2) is 7.44. The van der Waals surface area contributed by atoms with Gasteiger partial charge in [-0.3, -0.25) is 0 Å². The van der Waals surface area contributed by atoms with Crippen LogP contribution in [-0.2, 0) is 6.61 Å². The lowest BCUT2D eigenvalue weighted by molar-refractivity contribution is 0.189. The molecule has 26 heavy (non-hydrogen) atoms. The van der Waals surface area contributed by atoms with E-state index < -0.39 is 0 Å². The fourth-order valence-corrected chi connectivity index (χ4v) is 4.09. The second-order valence-electron chi connectivity index (χ2n) is 7.02. The van der Waals surface area contributed by atoms with Gasteiger partial charge in [0.1, 0.15) is 5.82 Å². The summed E-state index contributed by atoms with van der Waals surface area (Å²) in [6.07, 6.45) is 0.967. The molecular formula is C22H24N2O2. The Bertz CT molecular complexity index is 882. The molecule has 0 unspecified atom stereocenters. The van der Waals surface area contributed by atoms with Crippen molar-refractivity contribution in [1.29, 1.82) is 0 Å². The van der Waals surface area contributed by atoms with E-state index in [0.29, 0.717) is 5.92 Å². The SMILES string of the molecule is OCc1cc2ccccc2nc1N1CC[C@@H](c2ccccc2)[C@@H](CO)C1. The molecule has 0 radical (unpaired) electrons. The summed E-state index contributed by atoms with van der Waals surface area (Å²) in [5.74, 6) is 1.36. The maximum Gasteiger partial charge on any atom is 0.134 e. The van der Waals surface area contributed by atoms with Crippen LogP contribution in [0.2, 0.25) is 0 Å². The molecule has 2 N–H and O–H groups in total. The van der Waals surface area contributed by atoms with Gasteiger partial charge >= 0.3 is 0 Å². The van der Waals surface area contributed by atoms with Gasteiger partial charge in [0, 0.05) is 36.6 Å². The highest BCUT2D eigenvalue weighted by Gasteiger charge is 2.31. The number of hydrogen-bond donors (Lipinski definition) is 2. The van der Waals surface area contributed by atoms with Crippen molar-refractivity contribution in [3.05, 3.63) is 71.8 Å². The minimum Gasteiger partial charge on any atom is -0.396 e. The average molecular weight is 348 g/mol. The molecule has 4 heteroatoms. The Morgan fingerprint density at radius 3 is 2.54 bits per heavy atom. The molecule has 0 amide bonds. The van der Waals surface area contributed by atoms with Crippen molar-refractivity contribution >= 4 is 16.7 Å². The van der Waals surface area contributed by atoms with Crippen LogP contribution in [0.25, 0.3) is 10.9 Å². The maximum atomic E-state index is 9.99. The Labute approximate surface area is 153 Å². The van der Waals surface area contributed by atoms with Crippen LogP contribution in [-0.4, -0.2) is 34.9 Å². The molecule has 2 atom stereocenters. The summed E-state index contributed by atoms with van der Waals surface area (Å²) in [4.78, 5) is 7.04. The zero-order valence-electron chi connectivity index (χ0n) is 14.8. The lowest BCUT2D eigenvalue weighted by Crippen LogP contribution is -2.42. The molecule has 1 saturated heterocycles. The van der Waals surface area contributed by atoms with Crippen LogP contribution >= 0.6 is 0 Å². The highest BCUT2D eigenvalue weighted by atomic mass is 16.3. The number of aliphatic hydroxyl groups excluding tert-OH is 2. The van der Waals surface area contributed by atoms with Gasteiger partial charge in [0.05, 0.1) is 12.1 Å². The summed E-state index contributed by atoms with van der Waals surface area (Å²) in [6, 6.07) is 20.5. The first-order valence-electron chi connectivity index (χ1n) is 9.20. The third kappa shape index (κ3) is 3.18. The van der Waals surface area contributed by atoms with Crippen molar-refractivity contribution in [1.82, 2.24) is 4.98 Å². The molecule has 0 bridgehead atoms. The van der Waals surface area contributed by atoms with Crippen molar-refractivity contribution in [2.45, 2.75) is 18.9 Å². The van der Waals surface area contributed by atoms with Crippen LogP contribution in [0.3, 0.4) is 0 Å². The summed E-state index contributed by atoms with van der Waals surface area (Å²) >= 11 is 0. The molecule has 3 aromatic rings. The molecule has 4 rings (SSSR count). The molecule has 1 aliphatic rings. The number of para-hydroxylation sites is 1. The Kier molecular flexibility index (Phi) is 4.87. The fraction of sp³-hybridized carbons (Fsp3) is 0.318. The van der Waals surface area contributed by atoms with Crippen LogP contribution in [0.15, 0.2) is 60.7 Å². The second-order valence-corrected chi connectivity index (χ2v) is 7.02. The van der Waals surface area contributed by atoms with Crippen molar-refractivity contribution < 1.29 is 10.2 Å². The third-order valence-electron chi connectivity index (χ3n) is 5.45. The monoisotopic (exact) mass is 348 g/mol. The number of aliphatic hydroxyl groups is 2. The van der Waals surface area contributed by atoms with Gasteiger partial charge in [-0.2, -0.15) is 0 Å². The quantitative estimate of drug-likeness (QED) is 0.759. The summed E-state index contributed by atoms with van der Waals surface area (Å²) in [6.45, 7) is 1.73. The van der Waals surface area contributed by atoms with Crippen LogP contribution in [0, 0.1) is 5.92 Å². The van der Waals surface area contributed by atoms with E-state index in [2.05, 4.69) is 29.2 Å². The highest BCUT2D eigenvalue weighted by molar-refractivity contribution is 5.81. The molecule has 2 heterocycles. The molecular weight excluding hydrogens is 324 g/mol. The van der Waals surface area contributed by atoms with Crippen molar-refractivity contribution in [2.24, 2.45) is 5.92 Å². The third-order valence-corrected chi connectivity index (χ3v) is 5.45. The summed E-state index contributed by atoms with van der Waals surface area (Å²) in [7, 11) is 0. The number of aromatic nitrogens is 1. The molecule has 134 valence electrons. The number of hydrogen-bond acceptors (Lipinski definition) is 4. The molecule has 0 saturated carbocycles. The maximum absolute atomic E-state index is 9.99. The van der Waals surface area contributed by atoms with Crippen LogP contribution in [0.4, 0.5) is 5.82 Å². The molecule has 2 aromatic carbocycles. The van der Waals surface area contributed by atoms with Gasteiger partial charge in [-0.15, -0.1) is 0 Å². The zero-order valence-corrected chi connectivity index (χ0v) is 14.8. The molecule has 0 aliphatic carbocycles. The van der Waals surface area contributed by atoms with Crippen LogP contribution in [0.1, 0.15) is 23.5 Å². The molecule has 4 nitrogen and oxygen atoms in total. The topological polar surface area (TPSA) is 56.6 Å². The molecule has 1 aromatic heterocycles. The van der Waals surface area contributed by atoms with Gasteiger partial charge in [0.25, 0.3) is 0 Å². The zero-order chi connectivity index (χ0) is 17.9. The summed E-state index contributed by atoms with van der Waals surface area (Å²) in [5.41, 5.74) is 3.07. The van der Waals surface area contributed by atoms with Crippen molar-refractivity contribution in [2.75, 3.05) is 24.6 Å². The van der Waals surface area contributed by atoms with E-state index in [1.54, 1.807) is 0 Å². The van der Waals surface area contributed by atoms with E-state index >= 15 is 0 Å². The van der Waals surface area contributed by atoms with Crippen molar-refractivity contribution in [3.8, 4) is 0 Å². The van der Waals surface area contributed by atoms with Gasteiger partial charge in [-0.05, 0) is 30.0 Å². The van der Waals surface area contributed by atoms with Crippen LogP contribution < -0.4 is 4.90 Å². The van der Waals surface area contributed by atoms with E-state index in [9.17, 15) is 10.2 Å². The lowest BCUT2D eigenvalue weighted by atomic mass is 9.81. The average Bonchev–Trinajstić information content (AvgIpc) is 2.73. The van der Waals surface area contributed by atoms with Crippen molar-refractivity contribution in [3.63, 3.8) is 0 Å².